The lowest BCUT2D eigenvalue weighted by molar-refractivity contribution is 0.0567. The van der Waals surface area contributed by atoms with Crippen LogP contribution in [0.5, 0.6) is 0 Å². The molecule has 0 N–H and O–H groups in total. The van der Waals surface area contributed by atoms with E-state index in [0.717, 1.165) is 6.07 Å². The third-order valence-electron chi connectivity index (χ3n) is 1.92. The van der Waals surface area contributed by atoms with Gasteiger partial charge in [0.05, 0.1) is 7.11 Å². The normalized spacial score (nSPS) is 10.6. The van der Waals surface area contributed by atoms with E-state index in [1.807, 2.05) is 0 Å². The smallest absolute Gasteiger partial charge is 0.373 e. The van der Waals surface area contributed by atoms with Gasteiger partial charge in [-0.2, -0.15) is 0 Å². The van der Waals surface area contributed by atoms with Crippen LogP contribution in [0.4, 0.5) is 4.39 Å². The Labute approximate surface area is 89.4 Å². The fourth-order valence-electron chi connectivity index (χ4n) is 1.28. The fraction of sp³-hybridized carbons (Fsp3) is 0.100. The number of hydrogen-bond donors (Lipinski definition) is 0. The molecule has 0 aliphatic rings. The number of hydrogen-bond acceptors (Lipinski definition) is 3. The van der Waals surface area contributed by atoms with Crippen LogP contribution in [0, 0.1) is 5.82 Å². The Morgan fingerprint density at radius 2 is 2.20 bits per heavy atom. The van der Waals surface area contributed by atoms with Crippen molar-refractivity contribution in [1.29, 1.82) is 0 Å². The molecule has 5 heteroatoms. The van der Waals surface area contributed by atoms with Crippen LogP contribution in [0.1, 0.15) is 10.6 Å². The predicted molar refractivity (Wildman–Crippen MR) is 52.5 cm³/mol. The van der Waals surface area contributed by atoms with Crippen molar-refractivity contribution in [2.45, 2.75) is 0 Å². The van der Waals surface area contributed by atoms with E-state index in [9.17, 15) is 9.18 Å². The van der Waals surface area contributed by atoms with Crippen molar-refractivity contribution < 1.29 is 18.3 Å². The van der Waals surface area contributed by atoms with Crippen molar-refractivity contribution in [3.8, 4) is 0 Å². The lowest BCUT2D eigenvalue weighted by Gasteiger charge is -1.92. The van der Waals surface area contributed by atoms with Crippen molar-refractivity contribution in [2.75, 3.05) is 7.11 Å². The standard InChI is InChI=1S/C10H6ClFO3/c1-14-10(13)8-3-5-2-6(11)4-7(12)9(5)15-8/h2-4H,1H3. The van der Waals surface area contributed by atoms with E-state index in [-0.39, 0.29) is 16.4 Å². The van der Waals surface area contributed by atoms with Crippen LogP contribution < -0.4 is 0 Å². The van der Waals surface area contributed by atoms with E-state index in [1.165, 1.54) is 19.2 Å². The number of methoxy groups -OCH3 is 1. The third-order valence-corrected chi connectivity index (χ3v) is 2.14. The molecule has 1 heterocycles. The summed E-state index contributed by atoms with van der Waals surface area (Å²) in [5, 5.41) is 0.678. The van der Waals surface area contributed by atoms with E-state index in [1.54, 1.807) is 0 Å². The maximum atomic E-state index is 13.3. The van der Waals surface area contributed by atoms with Crippen LogP contribution in [0.2, 0.25) is 5.02 Å². The van der Waals surface area contributed by atoms with Gasteiger partial charge in [-0.05, 0) is 18.2 Å². The maximum absolute atomic E-state index is 13.3. The Hall–Kier alpha value is -1.55. The minimum atomic E-state index is -0.651. The molecular formula is C10H6ClFO3. The summed E-state index contributed by atoms with van der Waals surface area (Å²) >= 11 is 5.65. The van der Waals surface area contributed by atoms with Crippen molar-refractivity contribution in [1.82, 2.24) is 0 Å². The second kappa shape index (κ2) is 3.55. The molecule has 0 aliphatic heterocycles. The highest BCUT2D eigenvalue weighted by atomic mass is 35.5. The zero-order valence-electron chi connectivity index (χ0n) is 7.71. The zero-order chi connectivity index (χ0) is 11.0. The topological polar surface area (TPSA) is 39.4 Å². The number of ether oxygens (including phenoxy) is 1. The van der Waals surface area contributed by atoms with Gasteiger partial charge < -0.3 is 9.15 Å². The molecule has 0 saturated heterocycles. The number of carbonyl (C=O) groups excluding carboxylic acids is 1. The molecule has 0 atom stereocenters. The van der Waals surface area contributed by atoms with Crippen molar-refractivity contribution >= 4 is 28.5 Å². The molecule has 0 bridgehead atoms. The first-order valence-corrected chi connectivity index (χ1v) is 4.46. The summed E-state index contributed by atoms with van der Waals surface area (Å²) in [6.07, 6.45) is 0. The van der Waals surface area contributed by atoms with Gasteiger partial charge in [-0.1, -0.05) is 11.6 Å². The molecule has 15 heavy (non-hydrogen) atoms. The molecule has 78 valence electrons. The van der Waals surface area contributed by atoms with Crippen LogP contribution in [0.25, 0.3) is 11.0 Å². The van der Waals surface area contributed by atoms with Gasteiger partial charge in [0.25, 0.3) is 0 Å². The molecule has 1 aromatic heterocycles. The monoisotopic (exact) mass is 228 g/mol. The average Bonchev–Trinajstić information content (AvgIpc) is 2.60. The van der Waals surface area contributed by atoms with Gasteiger partial charge in [-0.25, -0.2) is 9.18 Å². The van der Waals surface area contributed by atoms with Gasteiger partial charge in [-0.15, -0.1) is 0 Å². The molecule has 0 radical (unpaired) electrons. The molecule has 0 unspecified atom stereocenters. The molecule has 0 aliphatic carbocycles. The lowest BCUT2D eigenvalue weighted by Crippen LogP contribution is -1.97. The number of halogens is 2. The first-order chi connectivity index (χ1) is 7.11. The van der Waals surface area contributed by atoms with Crippen LogP contribution in [0.3, 0.4) is 0 Å². The Morgan fingerprint density at radius 3 is 2.87 bits per heavy atom. The number of rotatable bonds is 1. The van der Waals surface area contributed by atoms with E-state index < -0.39 is 11.8 Å². The molecule has 1 aromatic carbocycles. The second-order valence-electron chi connectivity index (χ2n) is 2.91. The first kappa shape index (κ1) is 9.98. The quantitative estimate of drug-likeness (QED) is 0.705. The number of esters is 1. The molecular weight excluding hydrogens is 223 g/mol. The van der Waals surface area contributed by atoms with Crippen molar-refractivity contribution in [3.05, 3.63) is 34.8 Å². The third kappa shape index (κ3) is 1.68. The molecule has 2 aromatic rings. The molecule has 2 rings (SSSR count). The molecule has 0 spiro atoms. The summed E-state index contributed by atoms with van der Waals surface area (Å²) in [7, 11) is 1.22. The fourth-order valence-corrected chi connectivity index (χ4v) is 1.49. The number of fused-ring (bicyclic) bond motifs is 1. The van der Waals surface area contributed by atoms with Gasteiger partial charge >= 0.3 is 5.97 Å². The summed E-state index contributed by atoms with van der Waals surface area (Å²) in [5.41, 5.74) is -0.000185. The molecule has 0 saturated carbocycles. The summed E-state index contributed by atoms with van der Waals surface area (Å²) in [5.74, 6) is -1.30. The maximum Gasteiger partial charge on any atom is 0.373 e. The van der Waals surface area contributed by atoms with Gasteiger partial charge in [0.2, 0.25) is 5.76 Å². The van der Waals surface area contributed by atoms with Gasteiger partial charge in [0.1, 0.15) is 0 Å². The van der Waals surface area contributed by atoms with Crippen LogP contribution in [-0.2, 0) is 4.74 Å². The van der Waals surface area contributed by atoms with E-state index in [2.05, 4.69) is 4.74 Å². The summed E-state index contributed by atoms with van der Waals surface area (Å²) in [6.45, 7) is 0. The van der Waals surface area contributed by atoms with Gasteiger partial charge in [-0.3, -0.25) is 0 Å². The molecule has 3 nitrogen and oxygen atoms in total. The van der Waals surface area contributed by atoms with E-state index in [4.69, 9.17) is 16.0 Å². The zero-order valence-corrected chi connectivity index (χ0v) is 8.47. The van der Waals surface area contributed by atoms with Gasteiger partial charge in [0, 0.05) is 10.4 Å². The largest absolute Gasteiger partial charge is 0.463 e. The predicted octanol–water partition coefficient (Wildman–Crippen LogP) is 3.01. The highest BCUT2D eigenvalue weighted by molar-refractivity contribution is 6.31. The Kier molecular flexibility index (Phi) is 2.36. The summed E-state index contributed by atoms with van der Waals surface area (Å²) < 4.78 is 22.7. The SMILES string of the molecule is COC(=O)c1cc2cc(Cl)cc(F)c2o1. The van der Waals surface area contributed by atoms with Crippen molar-refractivity contribution in [3.63, 3.8) is 0 Å². The highest BCUT2D eigenvalue weighted by Crippen LogP contribution is 2.26. The Balaban J connectivity index is 2.65. The minimum Gasteiger partial charge on any atom is -0.463 e. The first-order valence-electron chi connectivity index (χ1n) is 4.08. The van der Waals surface area contributed by atoms with Crippen molar-refractivity contribution in [2.24, 2.45) is 0 Å². The van der Waals surface area contributed by atoms with Crippen LogP contribution >= 0.6 is 11.6 Å². The minimum absolute atomic E-state index is 0.000185. The Morgan fingerprint density at radius 1 is 1.47 bits per heavy atom. The molecule has 0 amide bonds. The van der Waals surface area contributed by atoms with Crippen LogP contribution in [-0.4, -0.2) is 13.1 Å². The molecule has 0 fully saturated rings. The van der Waals surface area contributed by atoms with Gasteiger partial charge in [0.15, 0.2) is 11.4 Å². The second-order valence-corrected chi connectivity index (χ2v) is 3.34. The summed E-state index contributed by atoms with van der Waals surface area (Å²) in [4.78, 5) is 11.1. The number of benzene rings is 1. The lowest BCUT2D eigenvalue weighted by atomic mass is 10.2. The average molecular weight is 229 g/mol. The Bertz CT molecular complexity index is 533. The number of furan rings is 1. The van der Waals surface area contributed by atoms with E-state index in [0.29, 0.717) is 5.39 Å². The summed E-state index contributed by atoms with van der Waals surface area (Å²) in [6, 6.07) is 4.01. The van der Waals surface area contributed by atoms with E-state index >= 15 is 0 Å². The highest BCUT2D eigenvalue weighted by Gasteiger charge is 2.15. The van der Waals surface area contributed by atoms with Crippen LogP contribution in [0.15, 0.2) is 22.6 Å². The number of carbonyl (C=O) groups is 1.